The van der Waals surface area contributed by atoms with Gasteiger partial charge in [-0.25, -0.2) is 0 Å². The number of fused-ring (bicyclic) bond motifs is 2. The maximum Gasteiger partial charge on any atom is 0.0635 e. The van der Waals surface area contributed by atoms with E-state index in [-0.39, 0.29) is 6.04 Å². The normalized spacial score (nSPS) is 16.1. The van der Waals surface area contributed by atoms with E-state index in [2.05, 4.69) is 187 Å². The highest BCUT2D eigenvalue weighted by atomic mass is 15.1. The number of anilines is 3. The van der Waals surface area contributed by atoms with Gasteiger partial charge in [-0.05, 0) is 52.3 Å². The molecule has 5 aromatic carbocycles. The zero-order chi connectivity index (χ0) is 28.1. The predicted octanol–water partition coefficient (Wildman–Crippen LogP) is 10.3. The molecule has 0 amide bonds. The van der Waals surface area contributed by atoms with E-state index in [0.29, 0.717) is 0 Å². The average molecular weight is 540 g/mol. The van der Waals surface area contributed by atoms with E-state index in [4.69, 9.17) is 0 Å². The SMILES string of the molecule is [CH]1C=CC=CC=C1N(c1ccc(C2=CC=CC(Nc3cccc4ccccc34)C=C2)cc1)c1cccc2ccccc12. The molecule has 1 unspecified atom stereocenters. The fourth-order valence-electron chi connectivity index (χ4n) is 5.70. The van der Waals surface area contributed by atoms with E-state index in [1.165, 1.54) is 32.7 Å². The van der Waals surface area contributed by atoms with Crippen molar-refractivity contribution < 1.29 is 0 Å². The van der Waals surface area contributed by atoms with Crippen LogP contribution in [0.25, 0.3) is 27.1 Å². The Balaban J connectivity index is 1.17. The highest BCUT2D eigenvalue weighted by molar-refractivity contribution is 5.98. The van der Waals surface area contributed by atoms with Crippen LogP contribution in [0.1, 0.15) is 5.56 Å². The van der Waals surface area contributed by atoms with Crippen LogP contribution < -0.4 is 10.2 Å². The van der Waals surface area contributed by atoms with Crippen molar-refractivity contribution in [1.82, 2.24) is 0 Å². The molecule has 7 rings (SSSR count). The van der Waals surface area contributed by atoms with Crippen LogP contribution in [-0.4, -0.2) is 6.04 Å². The minimum atomic E-state index is 0.101. The molecule has 2 aliphatic carbocycles. The van der Waals surface area contributed by atoms with Crippen LogP contribution >= 0.6 is 0 Å². The van der Waals surface area contributed by atoms with Crippen LogP contribution in [-0.2, 0) is 0 Å². The van der Waals surface area contributed by atoms with Gasteiger partial charge in [-0.2, -0.15) is 0 Å². The van der Waals surface area contributed by atoms with Crippen LogP contribution in [0.4, 0.5) is 17.1 Å². The van der Waals surface area contributed by atoms with Gasteiger partial charge in [-0.1, -0.05) is 140 Å². The molecule has 0 bridgehead atoms. The molecule has 1 radical (unpaired) electrons. The van der Waals surface area contributed by atoms with Crippen molar-refractivity contribution in [2.75, 3.05) is 10.2 Å². The first-order chi connectivity index (χ1) is 20.8. The molecule has 42 heavy (non-hydrogen) atoms. The van der Waals surface area contributed by atoms with Gasteiger partial charge in [0.2, 0.25) is 0 Å². The van der Waals surface area contributed by atoms with Gasteiger partial charge in [0, 0.05) is 34.3 Å². The second kappa shape index (κ2) is 11.6. The van der Waals surface area contributed by atoms with E-state index in [1.54, 1.807) is 0 Å². The largest absolute Gasteiger partial charge is 0.375 e. The van der Waals surface area contributed by atoms with Crippen molar-refractivity contribution in [2.24, 2.45) is 0 Å². The fourth-order valence-corrected chi connectivity index (χ4v) is 5.70. The Hall–Kier alpha value is -5.34. The first kappa shape index (κ1) is 25.6. The summed E-state index contributed by atoms with van der Waals surface area (Å²) < 4.78 is 0. The summed E-state index contributed by atoms with van der Waals surface area (Å²) in [5.74, 6) is 0. The molecule has 2 nitrogen and oxygen atoms in total. The molecule has 2 heteroatoms. The molecule has 0 aliphatic heterocycles. The Bertz CT molecular complexity index is 1920. The topological polar surface area (TPSA) is 15.3 Å². The molecular formula is C40H31N2. The molecule has 201 valence electrons. The third-order valence-corrected chi connectivity index (χ3v) is 7.78. The maximum absolute atomic E-state index is 3.70. The fraction of sp³-hybridized carbons (Fsp3) is 0.0250. The standard InChI is InChI=1S/C40H31N2/c1-2-4-19-35(18-3-1)42(40-23-11-16-33-13-6-8-21-38(33)40)36-28-25-31(26-29-36)30-14-9-17-34(27-24-30)41-39-22-10-15-32-12-5-7-20-37(32)39/h1-29,34,41H. The summed E-state index contributed by atoms with van der Waals surface area (Å²) in [6.45, 7) is 0. The molecule has 0 heterocycles. The van der Waals surface area contributed by atoms with Gasteiger partial charge in [0.1, 0.15) is 0 Å². The highest BCUT2D eigenvalue weighted by Crippen LogP contribution is 2.37. The Morgan fingerprint density at radius 2 is 1.26 bits per heavy atom. The lowest BCUT2D eigenvalue weighted by Gasteiger charge is -2.28. The molecule has 0 saturated carbocycles. The minimum absolute atomic E-state index is 0.101. The monoisotopic (exact) mass is 539 g/mol. The van der Waals surface area contributed by atoms with Crippen LogP contribution in [0.3, 0.4) is 0 Å². The van der Waals surface area contributed by atoms with Gasteiger partial charge in [0.25, 0.3) is 0 Å². The summed E-state index contributed by atoms with van der Waals surface area (Å²) >= 11 is 0. The molecule has 1 N–H and O–H groups in total. The molecule has 0 aromatic heterocycles. The van der Waals surface area contributed by atoms with E-state index in [9.17, 15) is 0 Å². The predicted molar refractivity (Wildman–Crippen MR) is 181 cm³/mol. The minimum Gasteiger partial charge on any atom is -0.375 e. The van der Waals surface area contributed by atoms with Crippen molar-refractivity contribution in [3.05, 3.63) is 188 Å². The maximum atomic E-state index is 3.70. The zero-order valence-electron chi connectivity index (χ0n) is 23.3. The Labute approximate surface area is 247 Å². The Kier molecular flexibility index (Phi) is 7.10. The van der Waals surface area contributed by atoms with Gasteiger partial charge in [-0.3, -0.25) is 0 Å². The quantitative estimate of drug-likeness (QED) is 0.231. The number of hydrogen-bond donors (Lipinski definition) is 1. The van der Waals surface area contributed by atoms with Crippen LogP contribution in [0.5, 0.6) is 0 Å². The van der Waals surface area contributed by atoms with Crippen LogP contribution in [0.15, 0.2) is 176 Å². The number of nitrogens with one attached hydrogen (secondary N) is 1. The third kappa shape index (κ3) is 5.23. The van der Waals surface area contributed by atoms with E-state index >= 15 is 0 Å². The van der Waals surface area contributed by atoms with E-state index < -0.39 is 0 Å². The van der Waals surface area contributed by atoms with Gasteiger partial charge in [0.15, 0.2) is 0 Å². The average Bonchev–Trinajstić information content (AvgIpc) is 3.46. The summed E-state index contributed by atoms with van der Waals surface area (Å²) in [7, 11) is 0. The van der Waals surface area contributed by atoms with Crippen molar-refractivity contribution in [1.29, 1.82) is 0 Å². The zero-order valence-corrected chi connectivity index (χ0v) is 23.3. The van der Waals surface area contributed by atoms with Crippen molar-refractivity contribution in [2.45, 2.75) is 6.04 Å². The summed E-state index contributed by atoms with van der Waals surface area (Å²) in [5.41, 5.74) is 6.90. The van der Waals surface area contributed by atoms with E-state index in [0.717, 1.165) is 22.8 Å². The van der Waals surface area contributed by atoms with Crippen molar-refractivity contribution in [3.8, 4) is 0 Å². The second-order valence-corrected chi connectivity index (χ2v) is 10.5. The summed E-state index contributed by atoms with van der Waals surface area (Å²) in [6, 6.07) is 39.0. The molecule has 0 spiro atoms. The van der Waals surface area contributed by atoms with Gasteiger partial charge in [-0.15, -0.1) is 0 Å². The van der Waals surface area contributed by atoms with Crippen LogP contribution in [0.2, 0.25) is 0 Å². The molecule has 1 atom stereocenters. The first-order valence-corrected chi connectivity index (χ1v) is 14.4. The van der Waals surface area contributed by atoms with Gasteiger partial charge < -0.3 is 10.2 Å². The lowest BCUT2D eigenvalue weighted by atomic mass is 10.0. The molecule has 2 aliphatic rings. The number of rotatable bonds is 6. The van der Waals surface area contributed by atoms with Gasteiger partial charge in [0.05, 0.1) is 11.7 Å². The molecular weight excluding hydrogens is 508 g/mol. The number of benzene rings is 5. The molecule has 0 fully saturated rings. The molecule has 0 saturated heterocycles. The number of nitrogens with zero attached hydrogens (tertiary/aromatic N) is 1. The lowest BCUT2D eigenvalue weighted by molar-refractivity contribution is 1.12. The lowest BCUT2D eigenvalue weighted by Crippen LogP contribution is -2.16. The van der Waals surface area contributed by atoms with E-state index in [1.807, 2.05) is 0 Å². The number of allylic oxidation sites excluding steroid dienone is 9. The van der Waals surface area contributed by atoms with Crippen LogP contribution in [0, 0.1) is 6.42 Å². The highest BCUT2D eigenvalue weighted by Gasteiger charge is 2.17. The van der Waals surface area contributed by atoms with Crippen molar-refractivity contribution >= 4 is 44.2 Å². The summed E-state index contributed by atoms with van der Waals surface area (Å²) in [5, 5.41) is 8.62. The third-order valence-electron chi connectivity index (χ3n) is 7.78. The summed E-state index contributed by atoms with van der Waals surface area (Å²) in [4.78, 5) is 2.34. The smallest absolute Gasteiger partial charge is 0.0635 e. The molecule has 5 aromatic rings. The summed E-state index contributed by atoms with van der Waals surface area (Å²) in [6.07, 6.45) is 23.7. The second-order valence-electron chi connectivity index (χ2n) is 10.5. The van der Waals surface area contributed by atoms with Crippen molar-refractivity contribution in [3.63, 3.8) is 0 Å². The Morgan fingerprint density at radius 3 is 2.12 bits per heavy atom. The Morgan fingerprint density at radius 1 is 0.548 bits per heavy atom. The van der Waals surface area contributed by atoms with Gasteiger partial charge >= 0.3 is 0 Å². The number of hydrogen-bond acceptors (Lipinski definition) is 2. The first-order valence-electron chi connectivity index (χ1n) is 14.4.